The topological polar surface area (TPSA) is 35.8 Å². The first-order valence-electron chi connectivity index (χ1n) is 4.22. The molecule has 0 aromatic heterocycles. The summed E-state index contributed by atoms with van der Waals surface area (Å²) >= 11 is 5.59. The lowest BCUT2D eigenvalue weighted by molar-refractivity contribution is 0.626. The van der Waals surface area contributed by atoms with Crippen LogP contribution < -0.4 is 5.32 Å². The van der Waals surface area contributed by atoms with Gasteiger partial charge in [0.2, 0.25) is 0 Å². The van der Waals surface area contributed by atoms with Gasteiger partial charge in [-0.2, -0.15) is 5.26 Å². The third-order valence-corrected chi connectivity index (χ3v) is 1.97. The lowest BCUT2D eigenvalue weighted by Crippen LogP contribution is -2.14. The van der Waals surface area contributed by atoms with Crippen molar-refractivity contribution in [3.63, 3.8) is 0 Å². The van der Waals surface area contributed by atoms with E-state index in [1.54, 1.807) is 12.1 Å². The van der Waals surface area contributed by atoms with Gasteiger partial charge in [-0.1, -0.05) is 11.6 Å². The second-order valence-electron chi connectivity index (χ2n) is 3.03. The lowest BCUT2D eigenvalue weighted by atomic mass is 10.2. The molecule has 0 aliphatic heterocycles. The standard InChI is InChI=1S/C10H10ClFN2/c1-7(4-5-13)14-10-3-2-8(11)6-9(10)12/h2-3,6-7,14H,4H2,1H3. The molecule has 0 radical (unpaired) electrons. The minimum absolute atomic E-state index is 0.0734. The van der Waals surface area contributed by atoms with E-state index in [4.69, 9.17) is 16.9 Å². The predicted octanol–water partition coefficient (Wildman–Crippen LogP) is 3.19. The van der Waals surface area contributed by atoms with Crippen LogP contribution in [0.2, 0.25) is 5.02 Å². The third kappa shape index (κ3) is 2.90. The predicted molar refractivity (Wildman–Crippen MR) is 54.7 cm³/mol. The van der Waals surface area contributed by atoms with Gasteiger partial charge in [0.25, 0.3) is 0 Å². The second kappa shape index (κ2) is 4.83. The number of rotatable bonds is 3. The average molecular weight is 213 g/mol. The number of halogens is 2. The molecular weight excluding hydrogens is 203 g/mol. The summed E-state index contributed by atoms with van der Waals surface area (Å²) in [5.74, 6) is -0.401. The van der Waals surface area contributed by atoms with Gasteiger partial charge in [0.05, 0.1) is 18.2 Å². The van der Waals surface area contributed by atoms with Crippen LogP contribution in [0.3, 0.4) is 0 Å². The molecule has 0 heterocycles. The molecule has 4 heteroatoms. The number of nitrogens with one attached hydrogen (secondary N) is 1. The summed E-state index contributed by atoms with van der Waals surface area (Å²) in [5.41, 5.74) is 0.372. The van der Waals surface area contributed by atoms with Gasteiger partial charge in [0.1, 0.15) is 5.82 Å². The molecule has 0 fully saturated rings. The molecule has 1 N–H and O–H groups in total. The van der Waals surface area contributed by atoms with Crippen LogP contribution in [0.25, 0.3) is 0 Å². The molecule has 0 aliphatic carbocycles. The summed E-state index contributed by atoms with van der Waals surface area (Å²) in [7, 11) is 0. The van der Waals surface area contributed by atoms with Crippen LogP contribution in [0.15, 0.2) is 18.2 Å². The molecule has 0 saturated carbocycles. The molecule has 0 amide bonds. The normalized spacial score (nSPS) is 11.9. The fraction of sp³-hybridized carbons (Fsp3) is 0.300. The minimum Gasteiger partial charge on any atom is -0.379 e. The maximum absolute atomic E-state index is 13.2. The summed E-state index contributed by atoms with van der Waals surface area (Å²) in [4.78, 5) is 0. The average Bonchev–Trinajstić information content (AvgIpc) is 2.10. The Kier molecular flexibility index (Phi) is 3.73. The second-order valence-corrected chi connectivity index (χ2v) is 3.47. The van der Waals surface area contributed by atoms with E-state index < -0.39 is 5.82 Å². The zero-order chi connectivity index (χ0) is 10.6. The number of nitriles is 1. The monoisotopic (exact) mass is 212 g/mol. The molecule has 0 bridgehead atoms. The van der Waals surface area contributed by atoms with Crippen LogP contribution in [-0.4, -0.2) is 6.04 Å². The van der Waals surface area contributed by atoms with Crippen molar-refractivity contribution >= 4 is 17.3 Å². The van der Waals surface area contributed by atoms with Crippen LogP contribution in [0, 0.1) is 17.1 Å². The zero-order valence-electron chi connectivity index (χ0n) is 7.72. The van der Waals surface area contributed by atoms with E-state index in [1.165, 1.54) is 6.07 Å². The highest BCUT2D eigenvalue weighted by molar-refractivity contribution is 6.30. The fourth-order valence-corrected chi connectivity index (χ4v) is 1.22. The Morgan fingerprint density at radius 1 is 1.64 bits per heavy atom. The number of anilines is 1. The van der Waals surface area contributed by atoms with Crippen LogP contribution in [0.4, 0.5) is 10.1 Å². The molecule has 74 valence electrons. The molecule has 2 nitrogen and oxygen atoms in total. The number of hydrogen-bond donors (Lipinski definition) is 1. The summed E-state index contributed by atoms with van der Waals surface area (Å²) in [6.45, 7) is 1.82. The Labute approximate surface area is 87.3 Å². The molecule has 0 aliphatic rings. The van der Waals surface area contributed by atoms with E-state index in [1.807, 2.05) is 13.0 Å². The molecule has 0 spiro atoms. The van der Waals surface area contributed by atoms with E-state index in [9.17, 15) is 4.39 Å². The van der Waals surface area contributed by atoms with Gasteiger partial charge in [0.15, 0.2) is 0 Å². The summed E-state index contributed by atoms with van der Waals surface area (Å²) in [6, 6.07) is 6.34. The van der Waals surface area contributed by atoms with Crippen molar-refractivity contribution in [1.82, 2.24) is 0 Å². The van der Waals surface area contributed by atoms with E-state index in [-0.39, 0.29) is 6.04 Å². The first-order valence-corrected chi connectivity index (χ1v) is 4.60. The largest absolute Gasteiger partial charge is 0.379 e. The summed E-state index contributed by atoms with van der Waals surface area (Å²) in [5, 5.41) is 11.7. The van der Waals surface area contributed by atoms with Crippen LogP contribution in [0.1, 0.15) is 13.3 Å². The van der Waals surface area contributed by atoms with E-state index in [2.05, 4.69) is 5.32 Å². The fourth-order valence-electron chi connectivity index (χ4n) is 1.06. The summed E-state index contributed by atoms with van der Waals surface area (Å²) in [6.07, 6.45) is 0.335. The zero-order valence-corrected chi connectivity index (χ0v) is 8.48. The minimum atomic E-state index is -0.401. The van der Waals surface area contributed by atoms with Crippen molar-refractivity contribution in [2.45, 2.75) is 19.4 Å². The quantitative estimate of drug-likeness (QED) is 0.835. The maximum Gasteiger partial charge on any atom is 0.147 e. The lowest BCUT2D eigenvalue weighted by Gasteiger charge is -2.12. The third-order valence-electron chi connectivity index (χ3n) is 1.73. The van der Waals surface area contributed by atoms with Crippen molar-refractivity contribution < 1.29 is 4.39 Å². The molecule has 1 rings (SSSR count). The smallest absolute Gasteiger partial charge is 0.147 e. The van der Waals surface area contributed by atoms with Gasteiger partial charge >= 0.3 is 0 Å². The molecule has 1 atom stereocenters. The number of nitrogens with zero attached hydrogens (tertiary/aromatic N) is 1. The van der Waals surface area contributed by atoms with E-state index >= 15 is 0 Å². The molecule has 0 saturated heterocycles. The van der Waals surface area contributed by atoms with Gasteiger partial charge in [-0.3, -0.25) is 0 Å². The first-order chi connectivity index (χ1) is 6.63. The van der Waals surface area contributed by atoms with Gasteiger partial charge in [0, 0.05) is 11.1 Å². The molecule has 1 aromatic rings. The number of hydrogen-bond acceptors (Lipinski definition) is 2. The highest BCUT2D eigenvalue weighted by atomic mass is 35.5. The highest BCUT2D eigenvalue weighted by Gasteiger charge is 2.05. The Balaban J connectivity index is 2.73. The summed E-state index contributed by atoms with van der Waals surface area (Å²) < 4.78 is 13.2. The Morgan fingerprint density at radius 2 is 2.36 bits per heavy atom. The van der Waals surface area contributed by atoms with Crippen LogP contribution >= 0.6 is 11.6 Å². The molecular formula is C10H10ClFN2. The van der Waals surface area contributed by atoms with Gasteiger partial charge < -0.3 is 5.32 Å². The van der Waals surface area contributed by atoms with Gasteiger partial charge in [-0.15, -0.1) is 0 Å². The van der Waals surface area contributed by atoms with Crippen molar-refractivity contribution in [3.8, 4) is 6.07 Å². The molecule has 14 heavy (non-hydrogen) atoms. The van der Waals surface area contributed by atoms with Crippen molar-refractivity contribution in [1.29, 1.82) is 5.26 Å². The van der Waals surface area contributed by atoms with E-state index in [0.29, 0.717) is 17.1 Å². The van der Waals surface area contributed by atoms with E-state index in [0.717, 1.165) is 0 Å². The van der Waals surface area contributed by atoms with Gasteiger partial charge in [-0.05, 0) is 25.1 Å². The number of benzene rings is 1. The highest BCUT2D eigenvalue weighted by Crippen LogP contribution is 2.19. The molecule has 1 aromatic carbocycles. The SMILES string of the molecule is CC(CC#N)Nc1ccc(Cl)cc1F. The van der Waals surface area contributed by atoms with Crippen molar-refractivity contribution in [2.24, 2.45) is 0 Å². The van der Waals surface area contributed by atoms with Gasteiger partial charge in [-0.25, -0.2) is 4.39 Å². The van der Waals surface area contributed by atoms with Crippen molar-refractivity contribution in [3.05, 3.63) is 29.0 Å². The maximum atomic E-state index is 13.2. The Bertz CT molecular complexity index is 360. The molecule has 1 unspecified atom stereocenters. The van der Waals surface area contributed by atoms with Crippen LogP contribution in [-0.2, 0) is 0 Å². The van der Waals surface area contributed by atoms with Crippen molar-refractivity contribution in [2.75, 3.05) is 5.32 Å². The Morgan fingerprint density at radius 3 is 2.93 bits per heavy atom. The first kappa shape index (κ1) is 10.8. The Hall–Kier alpha value is -1.27. The van der Waals surface area contributed by atoms with Crippen LogP contribution in [0.5, 0.6) is 0 Å².